The lowest BCUT2D eigenvalue weighted by Gasteiger charge is -2.48. The highest BCUT2D eigenvalue weighted by Crippen LogP contribution is 2.28. The molecule has 1 rings (SSSR count). The molecule has 0 bridgehead atoms. The predicted molar refractivity (Wildman–Crippen MR) is 37.7 cm³/mol. The van der Waals surface area contributed by atoms with Gasteiger partial charge in [-0.15, -0.1) is 0 Å². The van der Waals surface area contributed by atoms with Gasteiger partial charge in [0.1, 0.15) is 6.04 Å². The highest BCUT2D eigenvalue weighted by molar-refractivity contribution is 5.92. The number of hydrogen-bond donors (Lipinski definition) is 3. The Bertz CT molecular complexity index is 238. The van der Waals surface area contributed by atoms with Crippen LogP contribution in [0.25, 0.3) is 0 Å². The molecule has 0 aromatic rings. The largest absolute Gasteiger partial charge is 0.465 e. The summed E-state index contributed by atoms with van der Waals surface area (Å²) in [5, 5.41) is 19.8. The summed E-state index contributed by atoms with van der Waals surface area (Å²) in [6.45, 7) is 3.13. The van der Waals surface area contributed by atoms with E-state index in [0.717, 1.165) is 0 Å². The number of β-lactam (4-membered cyclic amide) rings is 1. The molecule has 1 saturated heterocycles. The van der Waals surface area contributed by atoms with Crippen LogP contribution in [0.3, 0.4) is 0 Å². The summed E-state index contributed by atoms with van der Waals surface area (Å²) in [7, 11) is 0. The molecule has 2 amide bonds. The minimum Gasteiger partial charge on any atom is -0.465 e. The zero-order chi connectivity index (χ0) is 9.52. The highest BCUT2D eigenvalue weighted by atomic mass is 16.5. The lowest BCUT2D eigenvalue weighted by atomic mass is 9.85. The molecule has 1 atom stereocenters. The molecule has 1 fully saturated rings. The van der Waals surface area contributed by atoms with E-state index in [1.807, 2.05) is 5.32 Å². The van der Waals surface area contributed by atoms with Gasteiger partial charge in [0, 0.05) is 0 Å². The Morgan fingerprint density at radius 1 is 1.67 bits per heavy atom. The fourth-order valence-corrected chi connectivity index (χ4v) is 1.13. The van der Waals surface area contributed by atoms with E-state index in [-0.39, 0.29) is 0 Å². The van der Waals surface area contributed by atoms with Crippen LogP contribution in [0.4, 0.5) is 4.79 Å². The lowest BCUT2D eigenvalue weighted by molar-refractivity contribution is -0.230. The fourth-order valence-electron chi connectivity index (χ4n) is 1.13. The number of hydroxylamine groups is 2. The van der Waals surface area contributed by atoms with Gasteiger partial charge >= 0.3 is 6.09 Å². The van der Waals surface area contributed by atoms with Crippen molar-refractivity contribution in [3.05, 3.63) is 0 Å². The number of nitrogens with one attached hydrogen (secondary N) is 1. The fraction of sp³-hybridized carbons (Fsp3) is 0.667. The van der Waals surface area contributed by atoms with Crippen molar-refractivity contribution in [2.45, 2.75) is 25.4 Å². The van der Waals surface area contributed by atoms with Gasteiger partial charge in [-0.1, -0.05) is 0 Å². The van der Waals surface area contributed by atoms with E-state index in [2.05, 4.69) is 0 Å². The summed E-state index contributed by atoms with van der Waals surface area (Å²) in [4.78, 5) is 21.0. The number of carbonyl (C=O) groups is 2. The van der Waals surface area contributed by atoms with Gasteiger partial charge in [0.2, 0.25) is 0 Å². The minimum atomic E-state index is -1.27. The van der Waals surface area contributed by atoms with Crippen LogP contribution in [0.1, 0.15) is 13.8 Å². The van der Waals surface area contributed by atoms with Gasteiger partial charge in [-0.3, -0.25) is 10.0 Å². The molecule has 1 aliphatic heterocycles. The van der Waals surface area contributed by atoms with Crippen molar-refractivity contribution < 1.29 is 19.9 Å². The zero-order valence-electron chi connectivity index (χ0n) is 6.74. The molecule has 0 aromatic carbocycles. The monoisotopic (exact) mass is 174 g/mol. The van der Waals surface area contributed by atoms with Gasteiger partial charge in [-0.05, 0) is 13.8 Å². The number of carboxylic acid groups (broad SMARTS) is 1. The van der Waals surface area contributed by atoms with Crippen LogP contribution >= 0.6 is 0 Å². The minimum absolute atomic E-state index is 0.521. The second kappa shape index (κ2) is 2.34. The van der Waals surface area contributed by atoms with E-state index >= 15 is 0 Å². The first-order valence-electron chi connectivity index (χ1n) is 3.40. The van der Waals surface area contributed by atoms with Crippen LogP contribution in [0, 0.1) is 0 Å². The molecule has 0 unspecified atom stereocenters. The van der Waals surface area contributed by atoms with Crippen molar-refractivity contribution in [3.63, 3.8) is 0 Å². The summed E-state index contributed by atoms with van der Waals surface area (Å²) in [5.41, 5.74) is -0.852. The Morgan fingerprint density at radius 3 is 2.50 bits per heavy atom. The zero-order valence-corrected chi connectivity index (χ0v) is 6.74. The maximum atomic E-state index is 10.9. The second-order valence-corrected chi connectivity index (χ2v) is 3.19. The number of rotatable bonds is 1. The molecule has 12 heavy (non-hydrogen) atoms. The van der Waals surface area contributed by atoms with Crippen LogP contribution in [0.15, 0.2) is 0 Å². The van der Waals surface area contributed by atoms with Crippen molar-refractivity contribution in [2.75, 3.05) is 0 Å². The molecule has 0 saturated carbocycles. The molecule has 68 valence electrons. The summed E-state index contributed by atoms with van der Waals surface area (Å²) in [6, 6.07) is -0.847. The van der Waals surface area contributed by atoms with Gasteiger partial charge < -0.3 is 10.4 Å². The van der Waals surface area contributed by atoms with Crippen molar-refractivity contribution in [2.24, 2.45) is 0 Å². The number of nitrogens with zero attached hydrogens (tertiary/aromatic N) is 1. The van der Waals surface area contributed by atoms with E-state index < -0.39 is 23.6 Å². The van der Waals surface area contributed by atoms with Gasteiger partial charge in [0.15, 0.2) is 0 Å². The third kappa shape index (κ3) is 1.00. The first kappa shape index (κ1) is 8.79. The van der Waals surface area contributed by atoms with Crippen LogP contribution in [-0.4, -0.2) is 39.0 Å². The van der Waals surface area contributed by atoms with Crippen LogP contribution in [0.5, 0.6) is 0 Å². The van der Waals surface area contributed by atoms with E-state index in [1.54, 1.807) is 13.8 Å². The van der Waals surface area contributed by atoms with Crippen molar-refractivity contribution in [1.82, 2.24) is 10.4 Å². The summed E-state index contributed by atoms with van der Waals surface area (Å²) in [5.74, 6) is -0.623. The maximum Gasteiger partial charge on any atom is 0.405 e. The second-order valence-electron chi connectivity index (χ2n) is 3.19. The molecule has 0 aromatic heterocycles. The Balaban J connectivity index is 2.68. The molecule has 6 heteroatoms. The number of amides is 2. The Morgan fingerprint density at radius 2 is 2.17 bits per heavy atom. The quantitative estimate of drug-likeness (QED) is 0.374. The molecule has 0 spiro atoms. The maximum absolute atomic E-state index is 10.9. The summed E-state index contributed by atoms with van der Waals surface area (Å²) >= 11 is 0. The van der Waals surface area contributed by atoms with E-state index in [0.29, 0.717) is 5.06 Å². The normalized spacial score (nSPS) is 26.4. The van der Waals surface area contributed by atoms with Gasteiger partial charge in [-0.25, -0.2) is 9.86 Å². The summed E-state index contributed by atoms with van der Waals surface area (Å²) < 4.78 is 0. The predicted octanol–water partition coefficient (Wildman–Crippen LogP) is -0.367. The molecule has 0 radical (unpaired) electrons. The van der Waals surface area contributed by atoms with Crippen molar-refractivity contribution in [3.8, 4) is 0 Å². The summed E-state index contributed by atoms with van der Waals surface area (Å²) in [6.07, 6.45) is -1.27. The van der Waals surface area contributed by atoms with E-state index in [9.17, 15) is 9.59 Å². The average molecular weight is 174 g/mol. The third-order valence-corrected chi connectivity index (χ3v) is 1.98. The van der Waals surface area contributed by atoms with E-state index in [1.165, 1.54) is 0 Å². The molecule has 1 heterocycles. The van der Waals surface area contributed by atoms with Crippen molar-refractivity contribution >= 4 is 12.0 Å². The standard InChI is InChI=1S/C6H10N2O4/c1-6(2)3(7-5(10)11)4(9)8(6)12/h3,7,12H,1-2H3,(H,10,11)/t3-/m1/s1. The highest BCUT2D eigenvalue weighted by Gasteiger charge is 2.54. The number of carbonyl (C=O) groups excluding carboxylic acids is 1. The topological polar surface area (TPSA) is 89.9 Å². The lowest BCUT2D eigenvalue weighted by Crippen LogP contribution is -2.75. The first-order valence-corrected chi connectivity index (χ1v) is 3.40. The van der Waals surface area contributed by atoms with Gasteiger partial charge in [0.05, 0.1) is 5.54 Å². The molecule has 3 N–H and O–H groups in total. The Hall–Kier alpha value is -1.30. The van der Waals surface area contributed by atoms with Gasteiger partial charge in [-0.2, -0.15) is 0 Å². The SMILES string of the molecule is CC1(C)[C@H](NC(=O)O)C(=O)N1O. The molecule has 0 aliphatic carbocycles. The Kier molecular flexibility index (Phi) is 1.72. The van der Waals surface area contributed by atoms with Crippen LogP contribution in [-0.2, 0) is 4.79 Å². The van der Waals surface area contributed by atoms with Crippen molar-refractivity contribution in [1.29, 1.82) is 0 Å². The third-order valence-electron chi connectivity index (χ3n) is 1.98. The Labute approximate surface area is 68.7 Å². The van der Waals surface area contributed by atoms with Gasteiger partial charge in [0.25, 0.3) is 5.91 Å². The molecule has 6 nitrogen and oxygen atoms in total. The first-order chi connectivity index (χ1) is 5.37. The average Bonchev–Trinajstić information content (AvgIpc) is 1.98. The van der Waals surface area contributed by atoms with E-state index in [4.69, 9.17) is 10.3 Å². The smallest absolute Gasteiger partial charge is 0.405 e. The van der Waals surface area contributed by atoms with Crippen LogP contribution < -0.4 is 5.32 Å². The number of hydrogen-bond acceptors (Lipinski definition) is 3. The van der Waals surface area contributed by atoms with Crippen LogP contribution in [0.2, 0.25) is 0 Å². The molecular weight excluding hydrogens is 164 g/mol. The molecule has 1 aliphatic rings. The molecular formula is C6H10N2O4.